The standard InChI is InChI=1S/C19H20N4O/c1-22(2)12-6-7-13-15(10-18(24)21-17(13)9-12)16-11-23(3)19-14(16)5-4-8-20-19/h4-9,11,15H,10H2,1-3H3,(H,21,24). The maximum atomic E-state index is 12.3. The van der Waals surface area contributed by atoms with E-state index in [0.29, 0.717) is 6.42 Å². The third-order valence-corrected chi connectivity index (χ3v) is 4.73. The second-order valence-corrected chi connectivity index (χ2v) is 6.54. The van der Waals surface area contributed by atoms with Gasteiger partial charge in [-0.15, -0.1) is 0 Å². The lowest BCUT2D eigenvalue weighted by atomic mass is 9.84. The van der Waals surface area contributed by atoms with Crippen LogP contribution in [0.3, 0.4) is 0 Å². The molecule has 0 radical (unpaired) electrons. The summed E-state index contributed by atoms with van der Waals surface area (Å²) >= 11 is 0. The van der Waals surface area contributed by atoms with Crippen molar-refractivity contribution in [3.8, 4) is 0 Å². The zero-order valence-corrected chi connectivity index (χ0v) is 14.1. The van der Waals surface area contributed by atoms with Gasteiger partial charge in [-0.05, 0) is 35.4 Å². The van der Waals surface area contributed by atoms with E-state index in [0.717, 1.165) is 33.5 Å². The Hall–Kier alpha value is -2.82. The number of carbonyl (C=O) groups is 1. The van der Waals surface area contributed by atoms with Gasteiger partial charge in [0.05, 0.1) is 0 Å². The second kappa shape index (κ2) is 5.37. The lowest BCUT2D eigenvalue weighted by molar-refractivity contribution is -0.116. The van der Waals surface area contributed by atoms with Crippen LogP contribution in [-0.4, -0.2) is 29.6 Å². The summed E-state index contributed by atoms with van der Waals surface area (Å²) in [5, 5.41) is 4.13. The smallest absolute Gasteiger partial charge is 0.225 e. The van der Waals surface area contributed by atoms with Gasteiger partial charge in [-0.1, -0.05) is 6.07 Å². The van der Waals surface area contributed by atoms with Gasteiger partial charge < -0.3 is 14.8 Å². The molecule has 0 saturated carbocycles. The zero-order chi connectivity index (χ0) is 16.8. The van der Waals surface area contributed by atoms with E-state index in [2.05, 4.69) is 34.7 Å². The van der Waals surface area contributed by atoms with Crippen molar-refractivity contribution in [2.75, 3.05) is 24.3 Å². The number of pyridine rings is 1. The molecule has 3 aromatic rings. The van der Waals surface area contributed by atoms with Gasteiger partial charge in [-0.2, -0.15) is 0 Å². The minimum Gasteiger partial charge on any atom is -0.378 e. The van der Waals surface area contributed by atoms with Crippen LogP contribution < -0.4 is 10.2 Å². The zero-order valence-electron chi connectivity index (χ0n) is 14.1. The fourth-order valence-electron chi connectivity index (χ4n) is 3.53. The normalized spacial score (nSPS) is 16.8. The van der Waals surface area contributed by atoms with Crippen molar-refractivity contribution in [1.82, 2.24) is 9.55 Å². The van der Waals surface area contributed by atoms with E-state index in [1.807, 2.05) is 42.7 Å². The number of fused-ring (bicyclic) bond motifs is 2. The highest BCUT2D eigenvalue weighted by molar-refractivity contribution is 5.97. The van der Waals surface area contributed by atoms with E-state index in [-0.39, 0.29) is 11.8 Å². The Bertz CT molecular complexity index is 942. The molecule has 3 heterocycles. The number of anilines is 2. The van der Waals surface area contributed by atoms with E-state index in [1.54, 1.807) is 6.20 Å². The predicted octanol–water partition coefficient (Wildman–Crippen LogP) is 3.11. The lowest BCUT2D eigenvalue weighted by Crippen LogP contribution is -2.24. The molecular weight excluding hydrogens is 300 g/mol. The van der Waals surface area contributed by atoms with Crippen LogP contribution in [-0.2, 0) is 11.8 Å². The molecule has 0 fully saturated rings. The van der Waals surface area contributed by atoms with Crippen LogP contribution in [0.1, 0.15) is 23.5 Å². The first-order chi connectivity index (χ1) is 11.5. The van der Waals surface area contributed by atoms with Crippen molar-refractivity contribution < 1.29 is 4.79 Å². The summed E-state index contributed by atoms with van der Waals surface area (Å²) in [4.78, 5) is 18.8. The Morgan fingerprint density at radius 2 is 2.08 bits per heavy atom. The van der Waals surface area contributed by atoms with Crippen molar-refractivity contribution in [1.29, 1.82) is 0 Å². The highest BCUT2D eigenvalue weighted by Crippen LogP contribution is 2.41. The number of benzene rings is 1. The first-order valence-electron chi connectivity index (χ1n) is 8.05. The Kier molecular flexibility index (Phi) is 3.30. The molecule has 122 valence electrons. The molecular formula is C19H20N4O. The van der Waals surface area contributed by atoms with Gasteiger partial charge >= 0.3 is 0 Å². The molecule has 24 heavy (non-hydrogen) atoms. The van der Waals surface area contributed by atoms with E-state index < -0.39 is 0 Å². The first kappa shape index (κ1) is 14.8. The molecule has 0 spiro atoms. The van der Waals surface area contributed by atoms with Crippen molar-refractivity contribution in [2.45, 2.75) is 12.3 Å². The number of hydrogen-bond acceptors (Lipinski definition) is 3. The van der Waals surface area contributed by atoms with Crippen molar-refractivity contribution in [2.24, 2.45) is 7.05 Å². The highest BCUT2D eigenvalue weighted by Gasteiger charge is 2.29. The molecule has 1 aliphatic heterocycles. The molecule has 1 amide bonds. The van der Waals surface area contributed by atoms with E-state index in [9.17, 15) is 4.79 Å². The van der Waals surface area contributed by atoms with E-state index >= 15 is 0 Å². The molecule has 2 aromatic heterocycles. The minimum absolute atomic E-state index is 0.0536. The number of amides is 1. The Labute approximate surface area is 140 Å². The largest absolute Gasteiger partial charge is 0.378 e. The highest BCUT2D eigenvalue weighted by atomic mass is 16.1. The molecule has 1 aliphatic rings. The van der Waals surface area contributed by atoms with Crippen LogP contribution in [0.4, 0.5) is 11.4 Å². The number of carbonyl (C=O) groups excluding carboxylic acids is 1. The Balaban J connectivity index is 1.89. The first-order valence-corrected chi connectivity index (χ1v) is 8.05. The number of hydrogen-bond donors (Lipinski definition) is 1. The molecule has 1 N–H and O–H groups in total. The monoisotopic (exact) mass is 320 g/mol. The summed E-state index contributed by atoms with van der Waals surface area (Å²) in [5.41, 5.74) is 5.26. The third kappa shape index (κ3) is 2.24. The van der Waals surface area contributed by atoms with Gasteiger partial charge in [-0.25, -0.2) is 4.98 Å². The van der Waals surface area contributed by atoms with Gasteiger partial charge in [0.15, 0.2) is 0 Å². The summed E-state index contributed by atoms with van der Waals surface area (Å²) in [6, 6.07) is 10.3. The number of rotatable bonds is 2. The van der Waals surface area contributed by atoms with Gasteiger partial charge in [0, 0.05) is 62.6 Å². The summed E-state index contributed by atoms with van der Waals surface area (Å²) in [5.74, 6) is 0.113. The summed E-state index contributed by atoms with van der Waals surface area (Å²) in [6.45, 7) is 0. The summed E-state index contributed by atoms with van der Waals surface area (Å²) < 4.78 is 2.03. The maximum absolute atomic E-state index is 12.3. The van der Waals surface area contributed by atoms with Crippen molar-refractivity contribution in [3.05, 3.63) is 53.9 Å². The Morgan fingerprint density at radius 1 is 1.25 bits per heavy atom. The molecule has 1 unspecified atom stereocenters. The molecule has 5 heteroatoms. The second-order valence-electron chi connectivity index (χ2n) is 6.54. The average molecular weight is 320 g/mol. The van der Waals surface area contributed by atoms with Gasteiger partial charge in [-0.3, -0.25) is 4.79 Å². The van der Waals surface area contributed by atoms with Crippen molar-refractivity contribution in [3.63, 3.8) is 0 Å². The molecule has 0 bridgehead atoms. The minimum atomic E-state index is 0.0536. The SMILES string of the molecule is CN(C)c1ccc2c(c1)NC(=O)CC2c1cn(C)c2ncccc12. The molecule has 0 aliphatic carbocycles. The fourth-order valence-corrected chi connectivity index (χ4v) is 3.53. The van der Waals surface area contributed by atoms with Crippen LogP contribution in [0.15, 0.2) is 42.7 Å². The van der Waals surface area contributed by atoms with Gasteiger partial charge in [0.2, 0.25) is 5.91 Å². The summed E-state index contributed by atoms with van der Waals surface area (Å²) in [6.07, 6.45) is 4.36. The molecule has 4 rings (SSSR count). The predicted molar refractivity (Wildman–Crippen MR) is 96.6 cm³/mol. The quantitative estimate of drug-likeness (QED) is 0.789. The molecule has 0 saturated heterocycles. The van der Waals surface area contributed by atoms with Crippen LogP contribution in [0.2, 0.25) is 0 Å². The average Bonchev–Trinajstić information content (AvgIpc) is 2.90. The van der Waals surface area contributed by atoms with E-state index in [1.165, 1.54) is 0 Å². The topological polar surface area (TPSA) is 50.2 Å². The third-order valence-electron chi connectivity index (χ3n) is 4.73. The summed E-state index contributed by atoms with van der Waals surface area (Å²) in [7, 11) is 6.00. The molecule has 1 aromatic carbocycles. The number of nitrogens with one attached hydrogen (secondary N) is 1. The van der Waals surface area contributed by atoms with Crippen LogP contribution >= 0.6 is 0 Å². The fraction of sp³-hybridized carbons (Fsp3) is 0.263. The number of aromatic nitrogens is 2. The van der Waals surface area contributed by atoms with Crippen LogP contribution in [0, 0.1) is 0 Å². The lowest BCUT2D eigenvalue weighted by Gasteiger charge is -2.27. The van der Waals surface area contributed by atoms with Crippen LogP contribution in [0.5, 0.6) is 0 Å². The maximum Gasteiger partial charge on any atom is 0.225 e. The van der Waals surface area contributed by atoms with E-state index in [4.69, 9.17) is 0 Å². The molecule has 5 nitrogen and oxygen atoms in total. The van der Waals surface area contributed by atoms with Gasteiger partial charge in [0.1, 0.15) is 5.65 Å². The molecule has 1 atom stereocenters. The Morgan fingerprint density at radius 3 is 2.88 bits per heavy atom. The van der Waals surface area contributed by atoms with Crippen molar-refractivity contribution >= 4 is 28.3 Å². The van der Waals surface area contributed by atoms with Crippen LogP contribution in [0.25, 0.3) is 11.0 Å². The number of nitrogens with zero attached hydrogens (tertiary/aromatic N) is 3. The number of aryl methyl sites for hydroxylation is 1. The van der Waals surface area contributed by atoms with Gasteiger partial charge in [0.25, 0.3) is 0 Å².